The standard InChI is InChI=1S/C26H25ClFN3O5/c1-4-5-7-17-21(22-18(34-2)8-6-9-19(22)35-3)24(32)23(25(33)29-17)26-31-30-20(36-26)13-14-10-11-16(28)15(27)12-14/h6,8-12H,4-5,7,13H2,1-3H3,(H2,29,32,33). The van der Waals surface area contributed by atoms with Crippen molar-refractivity contribution < 1.29 is 28.5 Å². The van der Waals surface area contributed by atoms with Gasteiger partial charge in [0.05, 0.1) is 42.5 Å². The predicted molar refractivity (Wildman–Crippen MR) is 132 cm³/mol. The summed E-state index contributed by atoms with van der Waals surface area (Å²) in [5, 5.41) is 30.3. The van der Waals surface area contributed by atoms with Crippen LogP contribution in [-0.2, 0) is 12.8 Å². The summed E-state index contributed by atoms with van der Waals surface area (Å²) in [5.41, 5.74) is 1.84. The molecule has 0 spiro atoms. The number of aryl methyl sites for hydroxylation is 1. The Labute approximate surface area is 212 Å². The molecule has 0 atom stereocenters. The number of hydrogen-bond acceptors (Lipinski definition) is 8. The largest absolute Gasteiger partial charge is 0.506 e. The minimum atomic E-state index is -0.532. The van der Waals surface area contributed by atoms with Crippen LogP contribution < -0.4 is 9.47 Å². The van der Waals surface area contributed by atoms with E-state index in [-0.39, 0.29) is 34.5 Å². The summed E-state index contributed by atoms with van der Waals surface area (Å²) in [6, 6.07) is 9.52. The quantitative estimate of drug-likeness (QED) is 0.282. The molecule has 2 aromatic heterocycles. The summed E-state index contributed by atoms with van der Waals surface area (Å²) in [6.45, 7) is 2.03. The number of halogens is 2. The molecule has 4 rings (SSSR count). The molecule has 0 aliphatic carbocycles. The minimum Gasteiger partial charge on any atom is -0.506 e. The van der Waals surface area contributed by atoms with Gasteiger partial charge < -0.3 is 24.1 Å². The Balaban J connectivity index is 1.84. The maximum Gasteiger partial charge on any atom is 0.257 e. The van der Waals surface area contributed by atoms with Crippen molar-refractivity contribution in [2.75, 3.05) is 14.2 Å². The Morgan fingerprint density at radius 1 is 1.00 bits per heavy atom. The Hall–Kier alpha value is -3.85. The molecule has 2 aromatic carbocycles. The first kappa shape index (κ1) is 25.2. The van der Waals surface area contributed by atoms with E-state index in [1.54, 1.807) is 24.3 Å². The van der Waals surface area contributed by atoms with E-state index in [0.717, 1.165) is 12.8 Å². The van der Waals surface area contributed by atoms with Crippen LogP contribution in [0.4, 0.5) is 4.39 Å². The van der Waals surface area contributed by atoms with Crippen molar-refractivity contribution in [1.29, 1.82) is 0 Å². The number of benzene rings is 2. The second-order valence-electron chi connectivity index (χ2n) is 8.05. The first-order valence-electron chi connectivity index (χ1n) is 11.3. The summed E-state index contributed by atoms with van der Waals surface area (Å²) in [7, 11) is 3.03. The highest BCUT2D eigenvalue weighted by Gasteiger charge is 2.28. The summed E-state index contributed by atoms with van der Waals surface area (Å²) in [6.07, 6.45) is 2.33. The van der Waals surface area contributed by atoms with Crippen molar-refractivity contribution in [3.05, 3.63) is 64.4 Å². The Morgan fingerprint density at radius 3 is 2.36 bits per heavy atom. The molecule has 0 aliphatic heterocycles. The van der Waals surface area contributed by atoms with Gasteiger partial charge >= 0.3 is 0 Å². The van der Waals surface area contributed by atoms with Gasteiger partial charge in [-0.2, -0.15) is 0 Å². The van der Waals surface area contributed by atoms with Gasteiger partial charge in [0.15, 0.2) is 0 Å². The predicted octanol–water partition coefficient (Wildman–Crippen LogP) is 5.95. The Morgan fingerprint density at radius 2 is 1.72 bits per heavy atom. The topological polar surface area (TPSA) is 111 Å². The van der Waals surface area contributed by atoms with E-state index in [9.17, 15) is 14.6 Å². The van der Waals surface area contributed by atoms with Crippen molar-refractivity contribution in [3.8, 4) is 45.7 Å². The molecule has 0 radical (unpaired) electrons. The molecular weight excluding hydrogens is 489 g/mol. The summed E-state index contributed by atoms with van der Waals surface area (Å²) in [5.74, 6) is -0.306. The molecule has 10 heteroatoms. The lowest BCUT2D eigenvalue weighted by molar-refractivity contribution is 0.395. The van der Waals surface area contributed by atoms with Crippen LogP contribution in [0.2, 0.25) is 5.02 Å². The van der Waals surface area contributed by atoms with Crippen LogP contribution >= 0.6 is 11.6 Å². The number of aromatic nitrogens is 3. The molecule has 36 heavy (non-hydrogen) atoms. The third kappa shape index (κ3) is 4.92. The lowest BCUT2D eigenvalue weighted by Gasteiger charge is -2.18. The number of methoxy groups -OCH3 is 2. The van der Waals surface area contributed by atoms with Crippen molar-refractivity contribution in [1.82, 2.24) is 15.2 Å². The third-order valence-electron chi connectivity index (χ3n) is 5.69. The number of rotatable bonds is 9. The molecule has 0 saturated heterocycles. The van der Waals surface area contributed by atoms with Crippen LogP contribution in [0.25, 0.3) is 22.6 Å². The smallest absolute Gasteiger partial charge is 0.257 e. The summed E-state index contributed by atoms with van der Waals surface area (Å²) < 4.78 is 30.3. The highest BCUT2D eigenvalue weighted by atomic mass is 35.5. The van der Waals surface area contributed by atoms with Gasteiger partial charge in [-0.05, 0) is 42.7 Å². The average Bonchev–Trinajstić information content (AvgIpc) is 3.32. The summed E-state index contributed by atoms with van der Waals surface area (Å²) >= 11 is 5.86. The van der Waals surface area contributed by atoms with Crippen LogP contribution in [0.5, 0.6) is 23.1 Å². The van der Waals surface area contributed by atoms with E-state index in [2.05, 4.69) is 15.2 Å². The van der Waals surface area contributed by atoms with E-state index in [1.807, 2.05) is 6.92 Å². The summed E-state index contributed by atoms with van der Waals surface area (Å²) in [4.78, 5) is 4.39. The van der Waals surface area contributed by atoms with E-state index in [4.69, 9.17) is 25.5 Å². The zero-order chi connectivity index (χ0) is 25.8. The van der Waals surface area contributed by atoms with Crippen molar-refractivity contribution in [3.63, 3.8) is 0 Å². The van der Waals surface area contributed by atoms with Crippen LogP contribution in [-0.4, -0.2) is 39.6 Å². The molecule has 2 heterocycles. The van der Waals surface area contributed by atoms with Gasteiger partial charge in [-0.1, -0.05) is 37.1 Å². The highest BCUT2D eigenvalue weighted by molar-refractivity contribution is 6.30. The van der Waals surface area contributed by atoms with Crippen LogP contribution in [0.15, 0.2) is 40.8 Å². The number of aromatic hydroxyl groups is 2. The third-order valence-corrected chi connectivity index (χ3v) is 5.98. The van der Waals surface area contributed by atoms with Gasteiger partial charge in [-0.3, -0.25) is 0 Å². The zero-order valence-electron chi connectivity index (χ0n) is 20.0. The van der Waals surface area contributed by atoms with Gasteiger partial charge in [-0.15, -0.1) is 10.2 Å². The van der Waals surface area contributed by atoms with Crippen molar-refractivity contribution >= 4 is 11.6 Å². The van der Waals surface area contributed by atoms with Gasteiger partial charge in [-0.25, -0.2) is 9.37 Å². The maximum atomic E-state index is 13.5. The lowest BCUT2D eigenvalue weighted by Crippen LogP contribution is -2.01. The molecule has 0 amide bonds. The second-order valence-corrected chi connectivity index (χ2v) is 8.46. The van der Waals surface area contributed by atoms with E-state index >= 15 is 0 Å². The van der Waals surface area contributed by atoms with Gasteiger partial charge in [0.2, 0.25) is 11.8 Å². The number of pyridine rings is 1. The molecule has 4 aromatic rings. The number of unbranched alkanes of at least 4 members (excludes halogenated alkanes) is 1. The van der Waals surface area contributed by atoms with Crippen LogP contribution in [0.1, 0.15) is 36.9 Å². The lowest BCUT2D eigenvalue weighted by atomic mass is 9.95. The van der Waals surface area contributed by atoms with Crippen molar-refractivity contribution in [2.45, 2.75) is 32.6 Å². The Kier molecular flexibility index (Phi) is 7.59. The normalized spacial score (nSPS) is 11.0. The molecule has 2 N–H and O–H groups in total. The van der Waals surface area contributed by atoms with Crippen LogP contribution in [0.3, 0.4) is 0 Å². The molecule has 0 unspecified atom stereocenters. The SMILES string of the molecule is CCCCc1nc(O)c(-c2nnc(Cc3ccc(F)c(Cl)c3)o2)c(O)c1-c1c(OC)cccc1OC. The Bertz CT molecular complexity index is 1370. The average molecular weight is 514 g/mol. The number of ether oxygens (including phenoxy) is 2. The van der Waals surface area contributed by atoms with Gasteiger partial charge in [0.1, 0.15) is 28.6 Å². The number of hydrogen-bond donors (Lipinski definition) is 2. The molecule has 8 nitrogen and oxygen atoms in total. The van der Waals surface area contributed by atoms with Crippen molar-refractivity contribution in [2.24, 2.45) is 0 Å². The highest BCUT2D eigenvalue weighted by Crippen LogP contribution is 2.49. The molecular formula is C26H25ClFN3O5. The fraction of sp³-hybridized carbons (Fsp3) is 0.269. The molecule has 0 saturated carbocycles. The van der Waals surface area contributed by atoms with E-state index in [1.165, 1.54) is 26.4 Å². The molecule has 0 fully saturated rings. The first-order valence-corrected chi connectivity index (χ1v) is 11.7. The molecule has 0 bridgehead atoms. The van der Waals surface area contributed by atoms with Gasteiger partial charge in [0.25, 0.3) is 5.89 Å². The monoisotopic (exact) mass is 513 g/mol. The van der Waals surface area contributed by atoms with E-state index < -0.39 is 11.7 Å². The van der Waals surface area contributed by atoms with E-state index in [0.29, 0.717) is 40.3 Å². The first-order chi connectivity index (χ1) is 17.4. The maximum absolute atomic E-state index is 13.5. The van der Waals surface area contributed by atoms with Gasteiger partial charge in [0, 0.05) is 0 Å². The molecule has 188 valence electrons. The fourth-order valence-electron chi connectivity index (χ4n) is 3.94. The number of nitrogens with zero attached hydrogens (tertiary/aromatic N) is 3. The molecule has 0 aliphatic rings. The second kappa shape index (κ2) is 10.8. The minimum absolute atomic E-state index is 0.0233. The fourth-order valence-corrected chi connectivity index (χ4v) is 4.14. The zero-order valence-corrected chi connectivity index (χ0v) is 20.8. The van der Waals surface area contributed by atoms with Crippen LogP contribution in [0, 0.1) is 5.82 Å².